The fourth-order valence-electron chi connectivity index (χ4n) is 4.17. The van der Waals surface area contributed by atoms with Gasteiger partial charge >= 0.3 is 0 Å². The molecule has 8 heteroatoms. The van der Waals surface area contributed by atoms with E-state index in [4.69, 9.17) is 14.0 Å². The lowest BCUT2D eigenvalue weighted by Crippen LogP contribution is -2.51. The molecule has 1 atom stereocenters. The monoisotopic (exact) mass is 463 g/mol. The fourth-order valence-corrected chi connectivity index (χ4v) is 4.17. The van der Waals surface area contributed by atoms with Gasteiger partial charge in [-0.3, -0.25) is 9.59 Å². The van der Waals surface area contributed by atoms with Gasteiger partial charge in [0.15, 0.2) is 0 Å². The highest BCUT2D eigenvalue weighted by molar-refractivity contribution is 5.95. The van der Waals surface area contributed by atoms with Crippen molar-refractivity contribution >= 4 is 11.8 Å². The lowest BCUT2D eigenvalue weighted by Gasteiger charge is -2.41. The minimum absolute atomic E-state index is 0.000307. The first-order chi connectivity index (χ1) is 16.4. The van der Waals surface area contributed by atoms with Crippen molar-refractivity contribution in [1.82, 2.24) is 15.0 Å². The maximum Gasteiger partial charge on any atom is 0.254 e. The number of ether oxygens (including phenoxy) is 2. The molecule has 2 amide bonds. The van der Waals surface area contributed by atoms with Crippen molar-refractivity contribution in [2.75, 3.05) is 26.7 Å². The number of carbonyl (C=O) groups is 2. The molecule has 1 aliphatic heterocycles. The lowest BCUT2D eigenvalue weighted by molar-refractivity contribution is -0.131. The Labute approximate surface area is 199 Å². The molecule has 4 rings (SSSR count). The average molecular weight is 464 g/mol. The van der Waals surface area contributed by atoms with E-state index in [2.05, 4.69) is 5.16 Å². The van der Waals surface area contributed by atoms with Gasteiger partial charge in [-0.05, 0) is 49.7 Å². The summed E-state index contributed by atoms with van der Waals surface area (Å²) in [5.41, 5.74) is 3.17. The van der Waals surface area contributed by atoms with Gasteiger partial charge in [0, 0.05) is 32.1 Å². The Bertz CT molecular complexity index is 1150. The minimum Gasteiger partial charge on any atom is -0.497 e. The zero-order valence-electron chi connectivity index (χ0n) is 19.9. The highest BCUT2D eigenvalue weighted by Gasteiger charge is 2.33. The number of methoxy groups -OCH3 is 1. The van der Waals surface area contributed by atoms with Crippen molar-refractivity contribution in [3.63, 3.8) is 0 Å². The third-order valence-corrected chi connectivity index (χ3v) is 6.23. The van der Waals surface area contributed by atoms with E-state index in [-0.39, 0.29) is 17.9 Å². The molecular weight excluding hydrogens is 434 g/mol. The topological polar surface area (TPSA) is 85.1 Å². The summed E-state index contributed by atoms with van der Waals surface area (Å²) in [5.74, 6) is 1.95. The number of aryl methyl sites for hydroxylation is 2. The largest absolute Gasteiger partial charge is 0.497 e. The van der Waals surface area contributed by atoms with Gasteiger partial charge in [0.1, 0.15) is 23.9 Å². The van der Waals surface area contributed by atoms with Gasteiger partial charge in [0.05, 0.1) is 24.4 Å². The van der Waals surface area contributed by atoms with Crippen LogP contribution in [0.25, 0.3) is 0 Å². The van der Waals surface area contributed by atoms with Gasteiger partial charge in [0.2, 0.25) is 5.91 Å². The number of hydrogen-bond acceptors (Lipinski definition) is 6. The summed E-state index contributed by atoms with van der Waals surface area (Å²) in [4.78, 5) is 29.3. The summed E-state index contributed by atoms with van der Waals surface area (Å²) in [6.45, 7) is 6.96. The standard InChI is InChI=1S/C26H29N3O5/c1-17-24(18(2)34-27-17)16-33-23-7-5-6-21(14-23)26(31)29-13-12-28(19(3)30)15-25(29)20-8-10-22(32-4)11-9-20/h5-11,14,25H,12-13,15-16H2,1-4H3/t25-/m0/s1. The first-order valence-corrected chi connectivity index (χ1v) is 11.2. The fraction of sp³-hybridized carbons (Fsp3) is 0.346. The van der Waals surface area contributed by atoms with Gasteiger partial charge in [0.25, 0.3) is 5.91 Å². The van der Waals surface area contributed by atoms with Crippen LogP contribution in [0.4, 0.5) is 0 Å². The Kier molecular flexibility index (Phi) is 6.86. The molecule has 2 heterocycles. The smallest absolute Gasteiger partial charge is 0.254 e. The first kappa shape index (κ1) is 23.4. The molecule has 1 fully saturated rings. The summed E-state index contributed by atoms with van der Waals surface area (Å²) in [5, 5.41) is 3.95. The first-order valence-electron chi connectivity index (χ1n) is 11.2. The highest BCUT2D eigenvalue weighted by atomic mass is 16.5. The molecule has 0 aliphatic carbocycles. The summed E-state index contributed by atoms with van der Waals surface area (Å²) >= 11 is 0. The predicted molar refractivity (Wildman–Crippen MR) is 126 cm³/mol. The second kappa shape index (κ2) is 9.99. The van der Waals surface area contributed by atoms with Crippen LogP contribution in [0.15, 0.2) is 53.1 Å². The van der Waals surface area contributed by atoms with E-state index >= 15 is 0 Å². The molecule has 1 saturated heterocycles. The average Bonchev–Trinajstić information content (AvgIpc) is 3.19. The van der Waals surface area contributed by atoms with Gasteiger partial charge < -0.3 is 23.8 Å². The zero-order valence-corrected chi connectivity index (χ0v) is 19.9. The van der Waals surface area contributed by atoms with Crippen molar-refractivity contribution in [1.29, 1.82) is 0 Å². The Morgan fingerprint density at radius 1 is 1.09 bits per heavy atom. The molecule has 3 aromatic rings. The Balaban J connectivity index is 1.55. The molecule has 2 aromatic carbocycles. The van der Waals surface area contributed by atoms with Crippen molar-refractivity contribution < 1.29 is 23.6 Å². The molecule has 34 heavy (non-hydrogen) atoms. The van der Waals surface area contributed by atoms with Crippen LogP contribution in [-0.4, -0.2) is 53.5 Å². The van der Waals surface area contributed by atoms with Crippen LogP contribution >= 0.6 is 0 Å². The van der Waals surface area contributed by atoms with Gasteiger partial charge in [-0.2, -0.15) is 0 Å². The summed E-state index contributed by atoms with van der Waals surface area (Å²) < 4.78 is 16.4. The third kappa shape index (κ3) is 4.90. The van der Waals surface area contributed by atoms with Crippen LogP contribution in [0.3, 0.4) is 0 Å². The number of benzene rings is 2. The maximum atomic E-state index is 13.6. The van der Waals surface area contributed by atoms with E-state index in [1.165, 1.54) is 0 Å². The van der Waals surface area contributed by atoms with Gasteiger partial charge in [-0.25, -0.2) is 0 Å². The Hall–Kier alpha value is -3.81. The number of aromatic nitrogens is 1. The molecule has 0 radical (unpaired) electrons. The van der Waals surface area contributed by atoms with Gasteiger partial charge in [-0.1, -0.05) is 23.4 Å². The number of piperazine rings is 1. The predicted octanol–water partition coefficient (Wildman–Crippen LogP) is 3.92. The van der Waals surface area contributed by atoms with Crippen molar-refractivity contribution in [3.05, 3.63) is 76.7 Å². The number of amides is 2. The SMILES string of the molecule is COc1ccc([C@@H]2CN(C(C)=O)CCN2C(=O)c2cccc(OCc3c(C)noc3C)c2)cc1. The second-order valence-electron chi connectivity index (χ2n) is 8.37. The molecule has 0 spiro atoms. The van der Waals surface area contributed by atoms with E-state index in [1.807, 2.05) is 55.1 Å². The lowest BCUT2D eigenvalue weighted by atomic mass is 10.0. The van der Waals surface area contributed by atoms with Crippen LogP contribution in [0, 0.1) is 13.8 Å². The van der Waals surface area contributed by atoms with E-state index in [9.17, 15) is 9.59 Å². The Morgan fingerprint density at radius 3 is 2.50 bits per heavy atom. The van der Waals surface area contributed by atoms with Crippen molar-refractivity contribution in [2.24, 2.45) is 0 Å². The van der Waals surface area contributed by atoms with Crippen LogP contribution in [-0.2, 0) is 11.4 Å². The van der Waals surface area contributed by atoms with E-state index in [0.717, 1.165) is 28.3 Å². The van der Waals surface area contributed by atoms with E-state index in [0.29, 0.717) is 37.6 Å². The number of nitrogens with zero attached hydrogens (tertiary/aromatic N) is 3. The molecule has 0 unspecified atom stereocenters. The van der Waals surface area contributed by atoms with Crippen LogP contribution in [0.5, 0.6) is 11.5 Å². The molecule has 0 saturated carbocycles. The molecule has 178 valence electrons. The zero-order chi connectivity index (χ0) is 24.2. The van der Waals surface area contributed by atoms with E-state index < -0.39 is 0 Å². The maximum absolute atomic E-state index is 13.6. The number of hydrogen-bond donors (Lipinski definition) is 0. The number of rotatable bonds is 6. The minimum atomic E-state index is -0.261. The van der Waals surface area contributed by atoms with Gasteiger partial charge in [-0.15, -0.1) is 0 Å². The quantitative estimate of drug-likeness (QED) is 0.551. The molecular formula is C26H29N3O5. The van der Waals surface area contributed by atoms with Crippen LogP contribution in [0.1, 0.15) is 45.9 Å². The molecule has 0 bridgehead atoms. The number of carbonyl (C=O) groups excluding carboxylic acids is 2. The normalized spacial score (nSPS) is 15.8. The van der Waals surface area contributed by atoms with Crippen LogP contribution in [0.2, 0.25) is 0 Å². The highest BCUT2D eigenvalue weighted by Crippen LogP contribution is 2.29. The molecule has 0 N–H and O–H groups in total. The third-order valence-electron chi connectivity index (χ3n) is 6.23. The summed E-state index contributed by atoms with van der Waals surface area (Å²) in [6, 6.07) is 14.5. The van der Waals surface area contributed by atoms with E-state index in [1.54, 1.807) is 31.1 Å². The van der Waals surface area contributed by atoms with Crippen molar-refractivity contribution in [3.8, 4) is 11.5 Å². The van der Waals surface area contributed by atoms with Crippen LogP contribution < -0.4 is 9.47 Å². The van der Waals surface area contributed by atoms with Crippen molar-refractivity contribution in [2.45, 2.75) is 33.4 Å². The molecule has 1 aromatic heterocycles. The Morgan fingerprint density at radius 2 is 1.85 bits per heavy atom. The summed E-state index contributed by atoms with van der Waals surface area (Å²) in [6.07, 6.45) is 0. The molecule has 1 aliphatic rings. The molecule has 8 nitrogen and oxygen atoms in total. The second-order valence-corrected chi connectivity index (χ2v) is 8.37. The summed E-state index contributed by atoms with van der Waals surface area (Å²) in [7, 11) is 1.61.